The van der Waals surface area contributed by atoms with Gasteiger partial charge in [0.05, 0.1) is 6.54 Å². The van der Waals surface area contributed by atoms with E-state index in [-0.39, 0.29) is 26.0 Å². The molecule has 1 heterocycles. The molecule has 0 fully saturated rings. The summed E-state index contributed by atoms with van der Waals surface area (Å²) in [7, 11) is 0. The molecule has 0 unspecified atom stereocenters. The van der Waals surface area contributed by atoms with Crippen LogP contribution in [-0.4, -0.2) is 26.0 Å². The fraction of sp³-hybridized carbons (Fsp3) is 0.167. The zero-order valence-corrected chi connectivity index (χ0v) is 13.9. The Labute approximate surface area is 150 Å². The molecular formula is C18H15ClN2O4. The molecule has 0 aliphatic carbocycles. The van der Waals surface area contributed by atoms with Crippen LogP contribution in [0.2, 0.25) is 5.02 Å². The first-order valence-electron chi connectivity index (χ1n) is 7.49. The van der Waals surface area contributed by atoms with Gasteiger partial charge in [-0.05, 0) is 36.4 Å². The molecule has 0 saturated heterocycles. The lowest BCUT2D eigenvalue weighted by Gasteiger charge is -2.05. The van der Waals surface area contributed by atoms with E-state index in [4.69, 9.17) is 25.8 Å². The second kappa shape index (κ2) is 8.18. The molecule has 2 amide bonds. The highest BCUT2D eigenvalue weighted by molar-refractivity contribution is 6.30. The molecule has 0 spiro atoms. The van der Waals surface area contributed by atoms with Crippen LogP contribution in [-0.2, 0) is 0 Å². The predicted molar refractivity (Wildman–Crippen MR) is 94.3 cm³/mol. The Hall–Kier alpha value is -3.04. The first-order valence-corrected chi connectivity index (χ1v) is 7.87. The average Bonchev–Trinajstić information content (AvgIpc) is 3.08. The number of carbonyl (C=O) groups excluding carboxylic acids is 1. The summed E-state index contributed by atoms with van der Waals surface area (Å²) < 4.78 is 16.0. The van der Waals surface area contributed by atoms with E-state index < -0.39 is 0 Å². The van der Waals surface area contributed by atoms with Crippen LogP contribution in [0.1, 0.15) is 0 Å². The number of benzene rings is 2. The summed E-state index contributed by atoms with van der Waals surface area (Å²) in [6.07, 6.45) is 0. The molecule has 2 aromatic carbocycles. The van der Waals surface area contributed by atoms with Crippen molar-refractivity contribution in [2.24, 2.45) is 0 Å². The monoisotopic (exact) mass is 358 g/mol. The van der Waals surface area contributed by atoms with Crippen LogP contribution in [0.5, 0.6) is 17.2 Å². The summed E-state index contributed by atoms with van der Waals surface area (Å²) >= 11 is 5.78. The highest BCUT2D eigenvalue weighted by atomic mass is 35.5. The van der Waals surface area contributed by atoms with Gasteiger partial charge >= 0.3 is 6.03 Å². The van der Waals surface area contributed by atoms with Gasteiger partial charge in [0, 0.05) is 16.8 Å². The molecule has 128 valence electrons. The summed E-state index contributed by atoms with van der Waals surface area (Å²) in [6.45, 7) is 0.645. The van der Waals surface area contributed by atoms with Gasteiger partial charge in [-0.3, -0.25) is 0 Å². The van der Waals surface area contributed by atoms with Gasteiger partial charge in [-0.1, -0.05) is 23.4 Å². The lowest BCUT2D eigenvalue weighted by molar-refractivity contribution is 0.174. The van der Waals surface area contributed by atoms with Crippen molar-refractivity contribution in [2.75, 3.05) is 25.3 Å². The van der Waals surface area contributed by atoms with Gasteiger partial charge in [-0.2, -0.15) is 0 Å². The zero-order valence-electron chi connectivity index (χ0n) is 13.2. The first kappa shape index (κ1) is 16.8. The highest BCUT2D eigenvalue weighted by Crippen LogP contribution is 2.34. The number of hydrogen-bond donors (Lipinski definition) is 2. The fourth-order valence-electron chi connectivity index (χ4n) is 2.03. The third-order valence-corrected chi connectivity index (χ3v) is 3.47. The van der Waals surface area contributed by atoms with Gasteiger partial charge in [0.2, 0.25) is 6.79 Å². The van der Waals surface area contributed by atoms with E-state index in [1.54, 1.807) is 42.5 Å². The molecule has 2 N–H and O–H groups in total. The molecule has 2 aromatic rings. The number of ether oxygens (including phenoxy) is 3. The van der Waals surface area contributed by atoms with Crippen LogP contribution in [0.25, 0.3) is 0 Å². The van der Waals surface area contributed by atoms with Crippen molar-refractivity contribution in [3.63, 3.8) is 0 Å². The molecule has 0 aromatic heterocycles. The molecular weight excluding hydrogens is 344 g/mol. The molecule has 0 radical (unpaired) electrons. The lowest BCUT2D eigenvalue weighted by atomic mass is 10.3. The first-order chi connectivity index (χ1) is 12.2. The third kappa shape index (κ3) is 4.96. The number of hydrogen-bond acceptors (Lipinski definition) is 4. The Morgan fingerprint density at radius 2 is 1.92 bits per heavy atom. The number of halogens is 1. The Balaban J connectivity index is 1.36. The second-order valence-electron chi connectivity index (χ2n) is 4.97. The maximum atomic E-state index is 11.7. The SMILES string of the molecule is O=C(NCC#CCOc1ccc2c(c1)OCO2)Nc1ccc(Cl)cc1. The standard InChI is InChI=1S/C18H15ClN2O4/c19-13-3-5-14(6-4-13)21-18(22)20-9-1-2-10-23-15-7-8-16-17(11-15)25-12-24-16/h3-8,11H,9-10,12H2,(H2,20,21,22). The van der Waals surface area contributed by atoms with Crippen molar-refractivity contribution in [1.29, 1.82) is 0 Å². The molecule has 7 heteroatoms. The lowest BCUT2D eigenvalue weighted by Crippen LogP contribution is -2.28. The van der Waals surface area contributed by atoms with Crippen LogP contribution >= 0.6 is 11.6 Å². The number of carbonyl (C=O) groups is 1. The minimum Gasteiger partial charge on any atom is -0.481 e. The number of urea groups is 1. The Bertz CT molecular complexity index is 812. The van der Waals surface area contributed by atoms with E-state index in [1.165, 1.54) is 0 Å². The maximum Gasteiger partial charge on any atom is 0.319 e. The van der Waals surface area contributed by atoms with Gasteiger partial charge in [0.15, 0.2) is 11.5 Å². The molecule has 0 atom stereocenters. The van der Waals surface area contributed by atoms with Crippen molar-refractivity contribution in [3.8, 4) is 29.1 Å². The van der Waals surface area contributed by atoms with Crippen LogP contribution in [0.3, 0.4) is 0 Å². The summed E-state index contributed by atoms with van der Waals surface area (Å²) in [4.78, 5) is 11.7. The summed E-state index contributed by atoms with van der Waals surface area (Å²) in [5, 5.41) is 5.92. The van der Waals surface area contributed by atoms with E-state index in [1.807, 2.05) is 0 Å². The van der Waals surface area contributed by atoms with Crippen molar-refractivity contribution in [2.45, 2.75) is 0 Å². The zero-order chi connectivity index (χ0) is 17.5. The van der Waals surface area contributed by atoms with Crippen molar-refractivity contribution in [3.05, 3.63) is 47.5 Å². The molecule has 0 bridgehead atoms. The average molecular weight is 359 g/mol. The number of anilines is 1. The van der Waals surface area contributed by atoms with Crippen LogP contribution in [0, 0.1) is 11.8 Å². The molecule has 6 nitrogen and oxygen atoms in total. The van der Waals surface area contributed by atoms with Crippen LogP contribution in [0.15, 0.2) is 42.5 Å². The molecule has 25 heavy (non-hydrogen) atoms. The van der Waals surface area contributed by atoms with Crippen LogP contribution < -0.4 is 24.8 Å². The maximum absolute atomic E-state index is 11.7. The number of fused-ring (bicyclic) bond motifs is 1. The summed E-state index contributed by atoms with van der Waals surface area (Å²) in [5.74, 6) is 7.64. The Morgan fingerprint density at radius 3 is 2.76 bits per heavy atom. The smallest absolute Gasteiger partial charge is 0.319 e. The quantitative estimate of drug-likeness (QED) is 0.823. The van der Waals surface area contributed by atoms with E-state index >= 15 is 0 Å². The highest BCUT2D eigenvalue weighted by Gasteiger charge is 2.13. The summed E-state index contributed by atoms with van der Waals surface area (Å²) in [5.41, 5.74) is 0.654. The molecule has 3 rings (SSSR count). The molecule has 1 aliphatic heterocycles. The largest absolute Gasteiger partial charge is 0.481 e. The van der Waals surface area contributed by atoms with Crippen molar-refractivity contribution in [1.82, 2.24) is 5.32 Å². The fourth-order valence-corrected chi connectivity index (χ4v) is 2.16. The topological polar surface area (TPSA) is 68.8 Å². The second-order valence-corrected chi connectivity index (χ2v) is 5.41. The minimum atomic E-state index is -0.340. The van der Waals surface area contributed by atoms with E-state index in [0.29, 0.717) is 28.0 Å². The number of amides is 2. The number of rotatable bonds is 4. The van der Waals surface area contributed by atoms with Gasteiger partial charge < -0.3 is 24.8 Å². The van der Waals surface area contributed by atoms with Gasteiger partial charge in [0.25, 0.3) is 0 Å². The van der Waals surface area contributed by atoms with E-state index in [0.717, 1.165) is 0 Å². The Kier molecular flexibility index (Phi) is 5.50. The molecule has 0 saturated carbocycles. The van der Waals surface area contributed by atoms with Gasteiger partial charge in [-0.25, -0.2) is 4.79 Å². The third-order valence-electron chi connectivity index (χ3n) is 3.22. The minimum absolute atomic E-state index is 0.208. The van der Waals surface area contributed by atoms with Crippen molar-refractivity contribution < 1.29 is 19.0 Å². The normalized spacial score (nSPS) is 11.2. The Morgan fingerprint density at radius 1 is 1.12 bits per heavy atom. The predicted octanol–water partition coefficient (Wildman–Crippen LogP) is 3.27. The van der Waals surface area contributed by atoms with Crippen LogP contribution in [0.4, 0.5) is 10.5 Å². The van der Waals surface area contributed by atoms with Gasteiger partial charge in [0.1, 0.15) is 12.4 Å². The van der Waals surface area contributed by atoms with E-state index in [9.17, 15) is 4.79 Å². The van der Waals surface area contributed by atoms with Gasteiger partial charge in [-0.15, -0.1) is 0 Å². The molecule has 1 aliphatic rings. The van der Waals surface area contributed by atoms with Crippen molar-refractivity contribution >= 4 is 23.3 Å². The summed E-state index contributed by atoms with van der Waals surface area (Å²) in [6, 6.07) is 11.8. The van der Waals surface area contributed by atoms with E-state index in [2.05, 4.69) is 22.5 Å². The number of nitrogens with one attached hydrogen (secondary N) is 2.